The predicted octanol–water partition coefficient (Wildman–Crippen LogP) is 2.05. The van der Waals surface area contributed by atoms with Gasteiger partial charge in [-0.2, -0.15) is 0 Å². The molecule has 2 rings (SSSR count). The zero-order chi connectivity index (χ0) is 11.7. The van der Waals surface area contributed by atoms with Crippen molar-refractivity contribution in [3.8, 4) is 0 Å². The molecule has 1 heterocycles. The maximum Gasteiger partial charge on any atom is 0.331 e. The van der Waals surface area contributed by atoms with E-state index in [2.05, 4.69) is 16.5 Å². The zero-order valence-corrected chi connectivity index (χ0v) is 8.95. The predicted molar refractivity (Wildman–Crippen MR) is 61.3 cm³/mol. The Bertz CT molecular complexity index is 569. The van der Waals surface area contributed by atoms with Crippen LogP contribution in [0.4, 0.5) is 0 Å². The van der Waals surface area contributed by atoms with Gasteiger partial charge in [-0.1, -0.05) is 12.6 Å². The van der Waals surface area contributed by atoms with Gasteiger partial charge >= 0.3 is 5.97 Å². The highest BCUT2D eigenvalue weighted by Crippen LogP contribution is 2.15. The monoisotopic (exact) mass is 216 g/mol. The summed E-state index contributed by atoms with van der Waals surface area (Å²) in [4.78, 5) is 18.0. The minimum atomic E-state index is -0.958. The fourth-order valence-electron chi connectivity index (χ4n) is 1.62. The Morgan fingerprint density at radius 2 is 2.31 bits per heavy atom. The van der Waals surface area contributed by atoms with Gasteiger partial charge in [0.25, 0.3) is 0 Å². The van der Waals surface area contributed by atoms with Crippen LogP contribution in [-0.4, -0.2) is 21.0 Å². The molecule has 4 nitrogen and oxygen atoms in total. The number of aromatic amines is 1. The van der Waals surface area contributed by atoms with Gasteiger partial charge in [-0.25, -0.2) is 9.78 Å². The molecule has 4 heteroatoms. The lowest BCUT2D eigenvalue weighted by molar-refractivity contribution is -0.132. The van der Waals surface area contributed by atoms with Gasteiger partial charge in [0.1, 0.15) is 5.82 Å². The van der Waals surface area contributed by atoms with Crippen LogP contribution >= 0.6 is 0 Å². The summed E-state index contributed by atoms with van der Waals surface area (Å²) in [5, 5.41) is 8.74. The topological polar surface area (TPSA) is 66.0 Å². The molecule has 1 aromatic heterocycles. The van der Waals surface area contributed by atoms with Crippen LogP contribution in [0.15, 0.2) is 30.4 Å². The van der Waals surface area contributed by atoms with E-state index in [0.717, 1.165) is 22.4 Å². The van der Waals surface area contributed by atoms with Crippen molar-refractivity contribution in [3.63, 3.8) is 0 Å². The average Bonchev–Trinajstić information content (AvgIpc) is 2.57. The molecule has 2 N–H and O–H groups in total. The minimum Gasteiger partial charge on any atom is -0.478 e. The summed E-state index contributed by atoms with van der Waals surface area (Å²) in [6.07, 6.45) is 0.351. The van der Waals surface area contributed by atoms with Crippen LogP contribution in [0.5, 0.6) is 0 Å². The van der Waals surface area contributed by atoms with Crippen molar-refractivity contribution in [2.75, 3.05) is 0 Å². The third-order valence-corrected chi connectivity index (χ3v) is 2.38. The molecule has 2 aromatic rings. The maximum atomic E-state index is 10.7. The summed E-state index contributed by atoms with van der Waals surface area (Å²) < 4.78 is 0. The Morgan fingerprint density at radius 1 is 1.56 bits per heavy atom. The fourth-order valence-corrected chi connectivity index (χ4v) is 1.62. The van der Waals surface area contributed by atoms with Crippen molar-refractivity contribution in [1.82, 2.24) is 9.97 Å². The highest BCUT2D eigenvalue weighted by molar-refractivity contribution is 5.86. The van der Waals surface area contributed by atoms with Crippen LogP contribution in [0.2, 0.25) is 0 Å². The molecule has 0 aliphatic carbocycles. The summed E-state index contributed by atoms with van der Waals surface area (Å²) in [6, 6.07) is 5.66. The van der Waals surface area contributed by atoms with Gasteiger partial charge in [-0.15, -0.1) is 0 Å². The molecule has 0 atom stereocenters. The van der Waals surface area contributed by atoms with Gasteiger partial charge in [0, 0.05) is 12.0 Å². The van der Waals surface area contributed by atoms with E-state index in [9.17, 15) is 4.79 Å². The smallest absolute Gasteiger partial charge is 0.331 e. The summed E-state index contributed by atoms with van der Waals surface area (Å²) in [6.45, 7) is 5.39. The molecule has 0 unspecified atom stereocenters. The molecule has 0 aliphatic heterocycles. The van der Waals surface area contributed by atoms with Gasteiger partial charge in [0.15, 0.2) is 0 Å². The van der Waals surface area contributed by atoms with Crippen molar-refractivity contribution in [2.24, 2.45) is 0 Å². The quantitative estimate of drug-likeness (QED) is 0.772. The minimum absolute atomic E-state index is 0.190. The molecule has 1 aromatic carbocycles. The lowest BCUT2D eigenvalue weighted by Crippen LogP contribution is -2.01. The third-order valence-electron chi connectivity index (χ3n) is 2.38. The van der Waals surface area contributed by atoms with Crippen LogP contribution in [0.3, 0.4) is 0 Å². The number of aryl methyl sites for hydroxylation is 1. The second-order valence-electron chi connectivity index (χ2n) is 3.76. The number of carbonyl (C=O) groups is 1. The first kappa shape index (κ1) is 10.4. The lowest BCUT2D eigenvalue weighted by Gasteiger charge is -2.00. The first-order valence-electron chi connectivity index (χ1n) is 4.92. The summed E-state index contributed by atoms with van der Waals surface area (Å²) in [7, 11) is 0. The molecule has 0 fully saturated rings. The first-order chi connectivity index (χ1) is 7.56. The van der Waals surface area contributed by atoms with E-state index >= 15 is 0 Å². The molecular weight excluding hydrogens is 204 g/mol. The molecule has 0 bridgehead atoms. The SMILES string of the molecule is C=C(Cc1ccc2nc(C)[nH]c2c1)C(=O)O. The number of rotatable bonds is 3. The number of nitrogens with one attached hydrogen (secondary N) is 1. The molecule has 0 saturated carbocycles. The highest BCUT2D eigenvalue weighted by Gasteiger charge is 2.06. The second-order valence-corrected chi connectivity index (χ2v) is 3.76. The number of imidazole rings is 1. The van der Waals surface area contributed by atoms with Crippen molar-refractivity contribution in [3.05, 3.63) is 41.7 Å². The van der Waals surface area contributed by atoms with E-state index in [-0.39, 0.29) is 5.57 Å². The second kappa shape index (κ2) is 3.81. The molecule has 0 spiro atoms. The number of aromatic nitrogens is 2. The molecule has 0 saturated heterocycles. The van der Waals surface area contributed by atoms with Crippen molar-refractivity contribution >= 4 is 17.0 Å². The van der Waals surface area contributed by atoms with Crippen molar-refractivity contribution in [1.29, 1.82) is 0 Å². The standard InChI is InChI=1S/C12H12N2O2/c1-7(12(15)16)5-9-3-4-10-11(6-9)14-8(2)13-10/h3-4,6H,1,5H2,2H3,(H,13,14)(H,15,16). The van der Waals surface area contributed by atoms with Crippen LogP contribution in [0, 0.1) is 6.92 Å². The van der Waals surface area contributed by atoms with E-state index < -0.39 is 5.97 Å². The summed E-state index contributed by atoms with van der Waals surface area (Å²) >= 11 is 0. The molecule has 0 aliphatic rings. The number of hydrogen-bond acceptors (Lipinski definition) is 2. The largest absolute Gasteiger partial charge is 0.478 e. The zero-order valence-electron chi connectivity index (χ0n) is 8.95. The van der Waals surface area contributed by atoms with Gasteiger partial charge < -0.3 is 10.1 Å². The summed E-state index contributed by atoms with van der Waals surface area (Å²) in [5.41, 5.74) is 2.93. The van der Waals surface area contributed by atoms with E-state index in [4.69, 9.17) is 5.11 Å². The molecule has 16 heavy (non-hydrogen) atoms. The number of carboxylic acids is 1. The Morgan fingerprint density at radius 3 is 3.00 bits per heavy atom. The number of carboxylic acid groups (broad SMARTS) is 1. The number of benzene rings is 1. The number of H-pyrrole nitrogens is 1. The third kappa shape index (κ3) is 1.95. The Kier molecular flexibility index (Phi) is 2.48. The van der Waals surface area contributed by atoms with Crippen molar-refractivity contribution < 1.29 is 9.90 Å². The summed E-state index contributed by atoms with van der Waals surface area (Å²) in [5.74, 6) is -0.106. The van der Waals surface area contributed by atoms with Crippen LogP contribution in [0.25, 0.3) is 11.0 Å². The molecular formula is C12H12N2O2. The van der Waals surface area contributed by atoms with Gasteiger partial charge in [-0.3, -0.25) is 0 Å². The highest BCUT2D eigenvalue weighted by atomic mass is 16.4. The lowest BCUT2D eigenvalue weighted by atomic mass is 10.1. The Labute approximate surface area is 92.6 Å². The van der Waals surface area contributed by atoms with E-state index in [1.165, 1.54) is 0 Å². The normalized spacial score (nSPS) is 10.6. The van der Waals surface area contributed by atoms with Crippen molar-refractivity contribution in [2.45, 2.75) is 13.3 Å². The fraction of sp³-hybridized carbons (Fsp3) is 0.167. The number of nitrogens with zero attached hydrogens (tertiary/aromatic N) is 1. The van der Waals surface area contributed by atoms with Crippen LogP contribution < -0.4 is 0 Å². The first-order valence-corrected chi connectivity index (χ1v) is 4.92. The van der Waals surface area contributed by atoms with E-state index in [0.29, 0.717) is 6.42 Å². The molecule has 0 amide bonds. The Balaban J connectivity index is 2.32. The number of hydrogen-bond donors (Lipinski definition) is 2. The molecule has 82 valence electrons. The van der Waals surface area contributed by atoms with Crippen LogP contribution in [-0.2, 0) is 11.2 Å². The van der Waals surface area contributed by atoms with Gasteiger partial charge in [0.2, 0.25) is 0 Å². The Hall–Kier alpha value is -2.10. The number of aliphatic carboxylic acids is 1. The average molecular weight is 216 g/mol. The van der Waals surface area contributed by atoms with E-state index in [1.807, 2.05) is 25.1 Å². The van der Waals surface area contributed by atoms with Gasteiger partial charge in [-0.05, 0) is 24.6 Å². The van der Waals surface area contributed by atoms with E-state index in [1.54, 1.807) is 0 Å². The maximum absolute atomic E-state index is 10.7. The molecule has 0 radical (unpaired) electrons. The van der Waals surface area contributed by atoms with Gasteiger partial charge in [0.05, 0.1) is 11.0 Å². The van der Waals surface area contributed by atoms with Crippen LogP contribution in [0.1, 0.15) is 11.4 Å². The number of fused-ring (bicyclic) bond motifs is 1.